The van der Waals surface area contributed by atoms with Crippen molar-refractivity contribution in [3.05, 3.63) is 24.3 Å². The highest BCUT2D eigenvalue weighted by molar-refractivity contribution is 5.98. The lowest BCUT2D eigenvalue weighted by Gasteiger charge is -2.40. The molecular formula is C19H22N4O. The summed E-state index contributed by atoms with van der Waals surface area (Å²) in [4.78, 5) is 17.3. The Morgan fingerprint density at radius 2 is 2.08 bits per heavy atom. The van der Waals surface area contributed by atoms with E-state index >= 15 is 0 Å². The van der Waals surface area contributed by atoms with Crippen LogP contribution in [0.4, 0.5) is 11.4 Å². The maximum atomic E-state index is 12.9. The van der Waals surface area contributed by atoms with Gasteiger partial charge in [0.2, 0.25) is 5.91 Å². The summed E-state index contributed by atoms with van der Waals surface area (Å²) in [5, 5.41) is 8.27. The van der Waals surface area contributed by atoms with Gasteiger partial charge in [-0.1, -0.05) is 12.1 Å². The smallest absolute Gasteiger partial charge is 0.227 e. The molecule has 0 radical (unpaired) electrons. The summed E-state index contributed by atoms with van der Waals surface area (Å²) >= 11 is 0. The molecule has 0 saturated carbocycles. The summed E-state index contributed by atoms with van der Waals surface area (Å²) < 4.78 is 0. The molecule has 5 heteroatoms. The van der Waals surface area contributed by atoms with Crippen LogP contribution in [0.25, 0.3) is 0 Å². The zero-order valence-corrected chi connectivity index (χ0v) is 13.8. The van der Waals surface area contributed by atoms with Crippen LogP contribution < -0.4 is 9.80 Å². The molecule has 1 amide bonds. The van der Waals surface area contributed by atoms with Crippen molar-refractivity contribution in [2.75, 3.05) is 22.9 Å². The van der Waals surface area contributed by atoms with Crippen molar-refractivity contribution in [1.29, 1.82) is 0 Å². The number of carbonyl (C=O) groups excluding carboxylic acids is 1. The fourth-order valence-corrected chi connectivity index (χ4v) is 3.93. The van der Waals surface area contributed by atoms with Crippen LogP contribution in [0.1, 0.15) is 38.5 Å². The van der Waals surface area contributed by atoms with Crippen LogP contribution in [0.2, 0.25) is 0 Å². The first-order valence-electron chi connectivity index (χ1n) is 8.76. The van der Waals surface area contributed by atoms with Crippen molar-refractivity contribution >= 4 is 17.3 Å². The van der Waals surface area contributed by atoms with E-state index in [0.29, 0.717) is 25.3 Å². The van der Waals surface area contributed by atoms with E-state index in [4.69, 9.17) is 6.42 Å². The van der Waals surface area contributed by atoms with Gasteiger partial charge in [-0.15, -0.1) is 12.3 Å². The van der Waals surface area contributed by atoms with Crippen LogP contribution in [0.5, 0.6) is 0 Å². The average molecular weight is 322 g/mol. The van der Waals surface area contributed by atoms with Gasteiger partial charge in [0.1, 0.15) is 0 Å². The summed E-state index contributed by atoms with van der Waals surface area (Å²) in [6.45, 7) is 1.89. The van der Waals surface area contributed by atoms with Crippen LogP contribution in [-0.4, -0.2) is 30.7 Å². The summed E-state index contributed by atoms with van der Waals surface area (Å²) in [6.07, 6.45) is 10.2. The zero-order valence-electron chi connectivity index (χ0n) is 13.8. The first kappa shape index (κ1) is 15.2. The molecule has 3 aliphatic heterocycles. The maximum absolute atomic E-state index is 12.9. The summed E-state index contributed by atoms with van der Waals surface area (Å²) in [5.74, 6) is 2.80. The Hall–Kier alpha value is -2.35. The minimum atomic E-state index is -0.378. The standard InChI is InChI=1S/C19H22N4O/c1-2-3-11-19(20-21-19)12-10-18(24)23-14-15-7-6-13-22(15)16-8-4-5-9-17(16)23/h1,4-5,8-9,15H,3,6-7,10-14H2. The van der Waals surface area contributed by atoms with E-state index in [1.165, 1.54) is 12.1 Å². The molecule has 1 aromatic carbocycles. The molecule has 5 nitrogen and oxygen atoms in total. The van der Waals surface area contributed by atoms with Gasteiger partial charge in [-0.25, -0.2) is 0 Å². The Kier molecular flexibility index (Phi) is 3.76. The lowest BCUT2D eigenvalue weighted by molar-refractivity contribution is -0.119. The minimum Gasteiger partial charge on any atom is -0.365 e. The molecule has 0 aliphatic carbocycles. The van der Waals surface area contributed by atoms with Crippen LogP contribution in [0.3, 0.4) is 0 Å². The topological polar surface area (TPSA) is 48.3 Å². The summed E-state index contributed by atoms with van der Waals surface area (Å²) in [7, 11) is 0. The normalized spacial score (nSPS) is 22.7. The maximum Gasteiger partial charge on any atom is 0.227 e. The van der Waals surface area contributed by atoms with E-state index in [2.05, 4.69) is 39.2 Å². The number of para-hydroxylation sites is 2. The highest BCUT2D eigenvalue weighted by atomic mass is 16.2. The first-order chi connectivity index (χ1) is 11.7. The molecule has 0 N–H and O–H groups in total. The molecule has 0 aromatic heterocycles. The number of amides is 1. The van der Waals surface area contributed by atoms with Crippen LogP contribution in [0.15, 0.2) is 34.5 Å². The molecule has 3 aliphatic rings. The molecule has 24 heavy (non-hydrogen) atoms. The monoisotopic (exact) mass is 322 g/mol. The van der Waals surface area contributed by atoms with Crippen molar-refractivity contribution in [2.45, 2.75) is 50.2 Å². The van der Waals surface area contributed by atoms with E-state index in [0.717, 1.165) is 31.6 Å². The molecule has 0 spiro atoms. The van der Waals surface area contributed by atoms with Crippen molar-refractivity contribution in [2.24, 2.45) is 10.2 Å². The first-order valence-corrected chi connectivity index (χ1v) is 8.76. The van der Waals surface area contributed by atoms with Gasteiger partial charge in [0.05, 0.1) is 11.4 Å². The van der Waals surface area contributed by atoms with E-state index in [1.54, 1.807) is 0 Å². The molecule has 3 heterocycles. The van der Waals surface area contributed by atoms with Crippen molar-refractivity contribution < 1.29 is 4.79 Å². The third kappa shape index (κ3) is 2.66. The fourth-order valence-electron chi connectivity index (χ4n) is 3.93. The summed E-state index contributed by atoms with van der Waals surface area (Å²) in [6, 6.07) is 8.71. The second-order valence-electron chi connectivity index (χ2n) is 6.87. The van der Waals surface area contributed by atoms with E-state index in [-0.39, 0.29) is 11.6 Å². The quantitative estimate of drug-likeness (QED) is 0.781. The third-order valence-corrected chi connectivity index (χ3v) is 5.35. The molecule has 124 valence electrons. The molecule has 1 atom stereocenters. The van der Waals surface area contributed by atoms with E-state index in [1.807, 2.05) is 11.0 Å². The molecule has 4 rings (SSSR count). The van der Waals surface area contributed by atoms with Crippen molar-refractivity contribution in [3.8, 4) is 12.3 Å². The SMILES string of the molecule is C#CCCC1(CCC(=O)N2CC3CCCN3c3ccccc32)N=N1. The van der Waals surface area contributed by atoms with Gasteiger partial charge in [0.25, 0.3) is 0 Å². The lowest BCUT2D eigenvalue weighted by Crippen LogP contribution is -2.48. The number of benzene rings is 1. The molecule has 1 aromatic rings. The molecule has 1 unspecified atom stereocenters. The van der Waals surface area contributed by atoms with Crippen LogP contribution in [-0.2, 0) is 4.79 Å². The number of fused-ring (bicyclic) bond motifs is 3. The van der Waals surface area contributed by atoms with Crippen molar-refractivity contribution in [1.82, 2.24) is 0 Å². The summed E-state index contributed by atoms with van der Waals surface area (Å²) in [5.41, 5.74) is 1.86. The second kappa shape index (κ2) is 5.94. The highest BCUT2D eigenvalue weighted by Crippen LogP contribution is 2.41. The van der Waals surface area contributed by atoms with E-state index in [9.17, 15) is 4.79 Å². The number of anilines is 2. The van der Waals surface area contributed by atoms with E-state index < -0.39 is 0 Å². The van der Waals surface area contributed by atoms with Gasteiger partial charge in [0, 0.05) is 44.8 Å². The molecule has 1 saturated heterocycles. The Labute approximate surface area is 142 Å². The molecular weight excluding hydrogens is 300 g/mol. The van der Waals surface area contributed by atoms with Crippen molar-refractivity contribution in [3.63, 3.8) is 0 Å². The second-order valence-corrected chi connectivity index (χ2v) is 6.87. The molecule has 0 bridgehead atoms. The number of carbonyl (C=O) groups is 1. The molecule has 1 fully saturated rings. The number of rotatable bonds is 5. The highest BCUT2D eigenvalue weighted by Gasteiger charge is 2.41. The van der Waals surface area contributed by atoms with Gasteiger partial charge in [-0.2, -0.15) is 10.2 Å². The Morgan fingerprint density at radius 1 is 1.29 bits per heavy atom. The van der Waals surface area contributed by atoms with Crippen LogP contribution in [0, 0.1) is 12.3 Å². The number of hydrogen-bond acceptors (Lipinski definition) is 4. The minimum absolute atomic E-state index is 0.173. The van der Waals surface area contributed by atoms with Gasteiger partial charge in [0.15, 0.2) is 5.66 Å². The van der Waals surface area contributed by atoms with Crippen LogP contribution >= 0.6 is 0 Å². The largest absolute Gasteiger partial charge is 0.365 e. The lowest BCUT2D eigenvalue weighted by atomic mass is 10.0. The Bertz CT molecular complexity index is 714. The average Bonchev–Trinajstić information content (AvgIpc) is 3.23. The zero-order chi connectivity index (χ0) is 16.6. The predicted octanol–water partition coefficient (Wildman–Crippen LogP) is 3.36. The van der Waals surface area contributed by atoms with Gasteiger partial charge in [-0.05, 0) is 25.0 Å². The number of hydrogen-bond donors (Lipinski definition) is 0. The third-order valence-electron chi connectivity index (χ3n) is 5.35. The fraction of sp³-hybridized carbons (Fsp3) is 0.526. The van der Waals surface area contributed by atoms with Gasteiger partial charge >= 0.3 is 0 Å². The Balaban J connectivity index is 1.47. The van der Waals surface area contributed by atoms with Gasteiger partial charge in [-0.3, -0.25) is 4.79 Å². The number of terminal acetylenes is 1. The predicted molar refractivity (Wildman–Crippen MR) is 94.1 cm³/mol. The Morgan fingerprint density at radius 3 is 2.83 bits per heavy atom. The van der Waals surface area contributed by atoms with Gasteiger partial charge < -0.3 is 9.80 Å². The number of nitrogens with zero attached hydrogens (tertiary/aromatic N) is 4.